The molecule has 2 heterocycles. The van der Waals surface area contributed by atoms with Crippen molar-refractivity contribution in [1.29, 1.82) is 0 Å². The van der Waals surface area contributed by atoms with Gasteiger partial charge in [0, 0.05) is 25.6 Å². The number of aromatic nitrogens is 1. The van der Waals surface area contributed by atoms with E-state index in [1.165, 1.54) is 11.1 Å². The van der Waals surface area contributed by atoms with E-state index >= 15 is 0 Å². The number of carbonyl (C=O) groups excluding carboxylic acids is 2. The van der Waals surface area contributed by atoms with E-state index in [1.54, 1.807) is 6.92 Å². The molecule has 1 aromatic carbocycles. The van der Waals surface area contributed by atoms with E-state index in [2.05, 4.69) is 34.7 Å². The second-order valence-corrected chi connectivity index (χ2v) is 8.80. The summed E-state index contributed by atoms with van der Waals surface area (Å²) in [4.78, 5) is 26.5. The number of hydrogen-bond acceptors (Lipinski definition) is 4. The fourth-order valence-electron chi connectivity index (χ4n) is 4.25. The Kier molecular flexibility index (Phi) is 6.21. The van der Waals surface area contributed by atoms with Crippen LogP contribution in [0.3, 0.4) is 0 Å². The predicted molar refractivity (Wildman–Crippen MR) is 114 cm³/mol. The molecule has 1 aliphatic carbocycles. The molecule has 0 unspecified atom stereocenters. The van der Waals surface area contributed by atoms with E-state index in [-0.39, 0.29) is 11.8 Å². The number of carbonyl (C=O) groups is 2. The molecule has 0 spiro atoms. The molecule has 1 saturated heterocycles. The van der Waals surface area contributed by atoms with Gasteiger partial charge in [0.05, 0.1) is 5.69 Å². The standard InChI is InChI=1S/C24H31N3O3/c1-16-23(17(2)30-26-16)24(29)27-13-11-20(12-14-27)15-19-5-3-18(4-6-19)7-10-22(28)25-21-8-9-21/h3-6,20-21H,7-15H2,1-2H3,(H,25,28). The Labute approximate surface area is 178 Å². The van der Waals surface area contributed by atoms with Crippen molar-refractivity contribution in [2.45, 2.75) is 64.8 Å². The lowest BCUT2D eigenvalue weighted by molar-refractivity contribution is -0.121. The van der Waals surface area contributed by atoms with Crippen LogP contribution in [-0.2, 0) is 17.6 Å². The monoisotopic (exact) mass is 409 g/mol. The van der Waals surface area contributed by atoms with Gasteiger partial charge >= 0.3 is 0 Å². The Morgan fingerprint density at radius 3 is 2.33 bits per heavy atom. The Morgan fingerprint density at radius 2 is 1.73 bits per heavy atom. The molecule has 1 aliphatic heterocycles. The van der Waals surface area contributed by atoms with Crippen LogP contribution in [0.15, 0.2) is 28.8 Å². The van der Waals surface area contributed by atoms with Gasteiger partial charge in [0.1, 0.15) is 11.3 Å². The first-order valence-corrected chi connectivity index (χ1v) is 11.1. The number of aryl methyl sites for hydroxylation is 3. The van der Waals surface area contributed by atoms with Crippen LogP contribution in [0.2, 0.25) is 0 Å². The van der Waals surface area contributed by atoms with Crippen LogP contribution in [0.5, 0.6) is 0 Å². The first-order chi connectivity index (χ1) is 14.5. The molecule has 4 rings (SSSR count). The van der Waals surface area contributed by atoms with Crippen molar-refractivity contribution in [1.82, 2.24) is 15.4 Å². The fourth-order valence-corrected chi connectivity index (χ4v) is 4.25. The number of likely N-dealkylation sites (tertiary alicyclic amines) is 1. The molecule has 6 heteroatoms. The minimum absolute atomic E-state index is 0.0415. The molecule has 0 atom stereocenters. The van der Waals surface area contributed by atoms with Crippen LogP contribution in [-0.4, -0.2) is 41.0 Å². The number of nitrogens with zero attached hydrogens (tertiary/aromatic N) is 2. The summed E-state index contributed by atoms with van der Waals surface area (Å²) in [6.07, 6.45) is 6.68. The summed E-state index contributed by atoms with van der Waals surface area (Å²) in [5, 5.41) is 6.94. The van der Waals surface area contributed by atoms with E-state index in [4.69, 9.17) is 4.52 Å². The van der Waals surface area contributed by atoms with Crippen LogP contribution >= 0.6 is 0 Å². The van der Waals surface area contributed by atoms with Gasteiger partial charge in [-0.25, -0.2) is 0 Å². The van der Waals surface area contributed by atoms with Crippen LogP contribution in [0.1, 0.15) is 65.0 Å². The molecule has 1 N–H and O–H groups in total. The number of hydrogen-bond donors (Lipinski definition) is 1. The largest absolute Gasteiger partial charge is 0.361 e. The van der Waals surface area contributed by atoms with Crippen LogP contribution < -0.4 is 5.32 Å². The molecule has 6 nitrogen and oxygen atoms in total. The number of amides is 2. The van der Waals surface area contributed by atoms with Gasteiger partial charge in [-0.1, -0.05) is 29.4 Å². The molecule has 2 amide bonds. The lowest BCUT2D eigenvalue weighted by Crippen LogP contribution is -2.39. The molecule has 2 fully saturated rings. The predicted octanol–water partition coefficient (Wildman–Crippen LogP) is 3.60. The molecule has 0 radical (unpaired) electrons. The minimum atomic E-state index is 0.0415. The summed E-state index contributed by atoms with van der Waals surface area (Å²) in [5.74, 6) is 1.40. The van der Waals surface area contributed by atoms with E-state index in [0.29, 0.717) is 35.4 Å². The number of rotatable bonds is 7. The number of piperidine rings is 1. The van der Waals surface area contributed by atoms with Crippen molar-refractivity contribution in [3.63, 3.8) is 0 Å². The first-order valence-electron chi connectivity index (χ1n) is 11.1. The molecule has 30 heavy (non-hydrogen) atoms. The maximum atomic E-state index is 12.8. The highest BCUT2D eigenvalue weighted by molar-refractivity contribution is 5.96. The van der Waals surface area contributed by atoms with Gasteiger partial charge in [-0.2, -0.15) is 0 Å². The third kappa shape index (κ3) is 5.10. The van der Waals surface area contributed by atoms with Gasteiger partial charge in [0.25, 0.3) is 5.91 Å². The third-order valence-electron chi connectivity index (χ3n) is 6.28. The lowest BCUT2D eigenvalue weighted by atomic mass is 9.89. The summed E-state index contributed by atoms with van der Waals surface area (Å²) in [6.45, 7) is 5.17. The first kappa shape index (κ1) is 20.6. The van der Waals surface area contributed by atoms with E-state index < -0.39 is 0 Å². The van der Waals surface area contributed by atoms with Gasteiger partial charge in [0.15, 0.2) is 0 Å². The van der Waals surface area contributed by atoms with E-state index in [9.17, 15) is 9.59 Å². The normalized spacial score (nSPS) is 17.2. The summed E-state index contributed by atoms with van der Waals surface area (Å²) >= 11 is 0. The average Bonchev–Trinajstić information content (AvgIpc) is 3.50. The average molecular weight is 410 g/mol. The Bertz CT molecular complexity index is 871. The minimum Gasteiger partial charge on any atom is -0.361 e. The Balaban J connectivity index is 1.23. The van der Waals surface area contributed by atoms with Gasteiger partial charge in [0.2, 0.25) is 5.91 Å². The van der Waals surface area contributed by atoms with Crippen molar-refractivity contribution < 1.29 is 14.1 Å². The van der Waals surface area contributed by atoms with Crippen molar-refractivity contribution in [2.75, 3.05) is 13.1 Å². The Morgan fingerprint density at radius 1 is 1.07 bits per heavy atom. The van der Waals surface area contributed by atoms with Crippen molar-refractivity contribution in [3.8, 4) is 0 Å². The molecular formula is C24H31N3O3. The van der Waals surface area contributed by atoms with Crippen LogP contribution in [0, 0.1) is 19.8 Å². The zero-order valence-electron chi connectivity index (χ0n) is 17.9. The summed E-state index contributed by atoms with van der Waals surface area (Å²) in [6, 6.07) is 9.11. The van der Waals surface area contributed by atoms with Gasteiger partial charge in [-0.3, -0.25) is 9.59 Å². The quantitative estimate of drug-likeness (QED) is 0.758. The maximum absolute atomic E-state index is 12.8. The highest BCUT2D eigenvalue weighted by Crippen LogP contribution is 2.25. The molecule has 160 valence electrons. The van der Waals surface area contributed by atoms with E-state index in [0.717, 1.165) is 51.6 Å². The molecule has 2 aromatic rings. The van der Waals surface area contributed by atoms with Crippen molar-refractivity contribution in [3.05, 3.63) is 52.4 Å². The maximum Gasteiger partial charge on any atom is 0.259 e. The zero-order valence-corrected chi connectivity index (χ0v) is 17.9. The molecule has 1 aromatic heterocycles. The second-order valence-electron chi connectivity index (χ2n) is 8.80. The van der Waals surface area contributed by atoms with Crippen LogP contribution in [0.4, 0.5) is 0 Å². The van der Waals surface area contributed by atoms with Crippen molar-refractivity contribution >= 4 is 11.8 Å². The van der Waals surface area contributed by atoms with Crippen LogP contribution in [0.25, 0.3) is 0 Å². The highest BCUT2D eigenvalue weighted by atomic mass is 16.5. The summed E-state index contributed by atoms with van der Waals surface area (Å²) < 4.78 is 5.15. The fraction of sp³-hybridized carbons (Fsp3) is 0.542. The SMILES string of the molecule is Cc1noc(C)c1C(=O)N1CCC(Cc2ccc(CCC(=O)NC3CC3)cc2)CC1. The molecule has 2 aliphatic rings. The summed E-state index contributed by atoms with van der Waals surface area (Å²) in [5.41, 5.74) is 3.83. The van der Waals surface area contributed by atoms with Crippen molar-refractivity contribution in [2.24, 2.45) is 5.92 Å². The zero-order chi connectivity index (χ0) is 21.1. The molecule has 1 saturated carbocycles. The number of nitrogens with one attached hydrogen (secondary N) is 1. The topological polar surface area (TPSA) is 75.4 Å². The smallest absolute Gasteiger partial charge is 0.259 e. The highest BCUT2D eigenvalue weighted by Gasteiger charge is 2.27. The molecular weight excluding hydrogens is 378 g/mol. The second kappa shape index (κ2) is 9.02. The lowest BCUT2D eigenvalue weighted by Gasteiger charge is -2.32. The molecule has 0 bridgehead atoms. The third-order valence-corrected chi connectivity index (χ3v) is 6.28. The van der Waals surface area contributed by atoms with E-state index in [1.807, 2.05) is 11.8 Å². The summed E-state index contributed by atoms with van der Waals surface area (Å²) in [7, 11) is 0. The van der Waals surface area contributed by atoms with Gasteiger partial charge < -0.3 is 14.7 Å². The van der Waals surface area contributed by atoms with Gasteiger partial charge in [-0.15, -0.1) is 0 Å². The van der Waals surface area contributed by atoms with Gasteiger partial charge in [-0.05, 0) is 69.4 Å². The number of benzene rings is 1. The Hall–Kier alpha value is -2.63.